The minimum absolute atomic E-state index is 0.0242. The maximum atomic E-state index is 12.8. The summed E-state index contributed by atoms with van der Waals surface area (Å²) in [5.41, 5.74) is 1.15. The van der Waals surface area contributed by atoms with E-state index in [1.165, 1.54) is 4.31 Å². The highest BCUT2D eigenvalue weighted by atomic mass is 32.2. The quantitative estimate of drug-likeness (QED) is 0.859. The van der Waals surface area contributed by atoms with E-state index in [2.05, 4.69) is 5.10 Å². The fraction of sp³-hybridized carbons (Fsp3) is 0.750. The Morgan fingerprint density at radius 2 is 2.05 bits per heavy atom. The van der Waals surface area contributed by atoms with Crippen molar-refractivity contribution in [2.24, 2.45) is 7.05 Å². The number of aliphatic hydroxyl groups excluding tert-OH is 1. The number of hydrogen-bond acceptors (Lipinski definition) is 4. The van der Waals surface area contributed by atoms with Crippen LogP contribution in [0.1, 0.15) is 30.7 Å². The van der Waals surface area contributed by atoms with Gasteiger partial charge in [-0.1, -0.05) is 6.42 Å². The molecule has 108 valence electrons. The SMILES string of the molecule is Cc1nn(C)c(C)c1S(=O)(=O)N(CCO)C1CCC1. The number of aromatic nitrogens is 2. The van der Waals surface area contributed by atoms with E-state index >= 15 is 0 Å². The molecule has 0 amide bonds. The normalized spacial score (nSPS) is 16.9. The molecule has 1 N–H and O–H groups in total. The zero-order valence-corrected chi connectivity index (χ0v) is 12.4. The van der Waals surface area contributed by atoms with Crippen LogP contribution in [0.4, 0.5) is 0 Å². The topological polar surface area (TPSA) is 75.4 Å². The van der Waals surface area contributed by atoms with Crippen LogP contribution >= 0.6 is 0 Å². The summed E-state index contributed by atoms with van der Waals surface area (Å²) >= 11 is 0. The summed E-state index contributed by atoms with van der Waals surface area (Å²) in [5, 5.41) is 13.3. The molecule has 1 aromatic rings. The van der Waals surface area contributed by atoms with Crippen molar-refractivity contribution in [2.75, 3.05) is 13.2 Å². The smallest absolute Gasteiger partial charge is 0.247 e. The zero-order chi connectivity index (χ0) is 14.2. The molecule has 1 aromatic heterocycles. The fourth-order valence-electron chi connectivity index (χ4n) is 2.52. The van der Waals surface area contributed by atoms with E-state index in [1.807, 2.05) is 0 Å². The van der Waals surface area contributed by atoms with Gasteiger partial charge in [-0.3, -0.25) is 4.68 Å². The largest absolute Gasteiger partial charge is 0.395 e. The first-order chi connectivity index (χ1) is 8.89. The van der Waals surface area contributed by atoms with Crippen LogP contribution in [0, 0.1) is 13.8 Å². The standard InChI is InChI=1S/C12H21N3O3S/c1-9-12(10(2)14(3)13-9)19(17,18)15(7-8-16)11-5-4-6-11/h11,16H,4-8H2,1-3H3. The monoisotopic (exact) mass is 287 g/mol. The molecular formula is C12H21N3O3S. The predicted octanol–water partition coefficient (Wildman–Crippen LogP) is 0.572. The van der Waals surface area contributed by atoms with Crippen LogP contribution < -0.4 is 0 Å². The molecule has 1 aliphatic carbocycles. The van der Waals surface area contributed by atoms with Crippen molar-refractivity contribution >= 4 is 10.0 Å². The van der Waals surface area contributed by atoms with Gasteiger partial charge in [-0.2, -0.15) is 9.40 Å². The molecule has 1 heterocycles. The molecule has 0 radical (unpaired) electrons. The Morgan fingerprint density at radius 3 is 2.42 bits per heavy atom. The highest BCUT2D eigenvalue weighted by Crippen LogP contribution is 2.31. The molecule has 0 bridgehead atoms. The van der Waals surface area contributed by atoms with Crippen LogP contribution in [0.5, 0.6) is 0 Å². The number of rotatable bonds is 5. The Kier molecular flexibility index (Phi) is 3.98. The van der Waals surface area contributed by atoms with Gasteiger partial charge >= 0.3 is 0 Å². The Morgan fingerprint density at radius 1 is 1.42 bits per heavy atom. The van der Waals surface area contributed by atoms with Gasteiger partial charge in [0.25, 0.3) is 0 Å². The van der Waals surface area contributed by atoms with Gasteiger partial charge in [-0.05, 0) is 26.7 Å². The maximum Gasteiger partial charge on any atom is 0.247 e. The molecule has 6 nitrogen and oxygen atoms in total. The number of aliphatic hydroxyl groups is 1. The van der Waals surface area contributed by atoms with Crippen LogP contribution in [0.2, 0.25) is 0 Å². The first-order valence-corrected chi connectivity index (χ1v) is 7.96. The molecule has 0 atom stereocenters. The molecular weight excluding hydrogens is 266 g/mol. The number of aryl methyl sites for hydroxylation is 2. The summed E-state index contributed by atoms with van der Waals surface area (Å²) in [7, 11) is -1.84. The first kappa shape index (κ1) is 14.5. The summed E-state index contributed by atoms with van der Waals surface area (Å²) in [4.78, 5) is 0.287. The lowest BCUT2D eigenvalue weighted by atomic mass is 9.93. The average Bonchev–Trinajstić information content (AvgIpc) is 2.50. The van der Waals surface area contributed by atoms with E-state index in [-0.39, 0.29) is 24.1 Å². The van der Waals surface area contributed by atoms with Gasteiger partial charge in [0.15, 0.2) is 0 Å². The average molecular weight is 287 g/mol. The van der Waals surface area contributed by atoms with Crippen molar-refractivity contribution in [3.05, 3.63) is 11.4 Å². The second-order valence-corrected chi connectivity index (χ2v) is 6.88. The van der Waals surface area contributed by atoms with Crippen LogP contribution in [0.15, 0.2) is 4.90 Å². The Bertz CT molecular complexity index is 561. The summed E-state index contributed by atoms with van der Waals surface area (Å²) < 4.78 is 28.6. The molecule has 1 saturated carbocycles. The minimum Gasteiger partial charge on any atom is -0.395 e. The molecule has 7 heteroatoms. The Hall–Kier alpha value is -0.920. The van der Waals surface area contributed by atoms with E-state index < -0.39 is 10.0 Å². The fourth-order valence-corrected chi connectivity index (χ4v) is 4.60. The lowest BCUT2D eigenvalue weighted by Gasteiger charge is -2.36. The highest BCUT2D eigenvalue weighted by Gasteiger charge is 2.37. The van der Waals surface area contributed by atoms with Gasteiger partial charge in [0.1, 0.15) is 4.90 Å². The molecule has 1 aliphatic rings. The van der Waals surface area contributed by atoms with E-state index in [1.54, 1.807) is 25.6 Å². The molecule has 0 saturated heterocycles. The van der Waals surface area contributed by atoms with E-state index in [4.69, 9.17) is 5.11 Å². The minimum atomic E-state index is -3.57. The molecule has 1 fully saturated rings. The Labute approximate surface area is 114 Å². The van der Waals surface area contributed by atoms with E-state index in [9.17, 15) is 8.42 Å². The molecule has 19 heavy (non-hydrogen) atoms. The van der Waals surface area contributed by atoms with Crippen LogP contribution in [0.3, 0.4) is 0 Å². The van der Waals surface area contributed by atoms with Gasteiger partial charge in [0, 0.05) is 19.6 Å². The summed E-state index contributed by atoms with van der Waals surface area (Å²) in [6.07, 6.45) is 2.79. The third kappa shape index (κ3) is 2.42. The van der Waals surface area contributed by atoms with E-state index in [0.29, 0.717) is 11.4 Å². The van der Waals surface area contributed by atoms with Crippen LogP contribution in [0.25, 0.3) is 0 Å². The van der Waals surface area contributed by atoms with Crippen molar-refractivity contribution in [3.63, 3.8) is 0 Å². The predicted molar refractivity (Wildman–Crippen MR) is 71.3 cm³/mol. The van der Waals surface area contributed by atoms with Crippen LogP contribution in [-0.2, 0) is 17.1 Å². The van der Waals surface area contributed by atoms with Crippen LogP contribution in [-0.4, -0.2) is 46.8 Å². The van der Waals surface area contributed by atoms with Gasteiger partial charge in [0.2, 0.25) is 10.0 Å². The number of hydrogen-bond donors (Lipinski definition) is 1. The second-order valence-electron chi connectivity index (χ2n) is 5.05. The van der Waals surface area contributed by atoms with Crippen molar-refractivity contribution in [1.29, 1.82) is 0 Å². The lowest BCUT2D eigenvalue weighted by molar-refractivity contribution is 0.178. The van der Waals surface area contributed by atoms with Gasteiger partial charge < -0.3 is 5.11 Å². The summed E-state index contributed by atoms with van der Waals surface area (Å²) in [6.45, 7) is 3.46. The maximum absolute atomic E-state index is 12.8. The highest BCUT2D eigenvalue weighted by molar-refractivity contribution is 7.89. The van der Waals surface area contributed by atoms with Gasteiger partial charge in [0.05, 0.1) is 18.0 Å². The van der Waals surface area contributed by atoms with Crippen molar-refractivity contribution in [1.82, 2.24) is 14.1 Å². The third-order valence-corrected chi connectivity index (χ3v) is 6.02. The number of nitrogens with zero attached hydrogens (tertiary/aromatic N) is 3. The van der Waals surface area contributed by atoms with Crippen molar-refractivity contribution < 1.29 is 13.5 Å². The van der Waals surface area contributed by atoms with Gasteiger partial charge in [-0.25, -0.2) is 8.42 Å². The van der Waals surface area contributed by atoms with E-state index in [0.717, 1.165) is 19.3 Å². The molecule has 0 spiro atoms. The molecule has 0 unspecified atom stereocenters. The molecule has 2 rings (SSSR count). The van der Waals surface area contributed by atoms with Crippen molar-refractivity contribution in [2.45, 2.75) is 44.0 Å². The third-order valence-electron chi connectivity index (χ3n) is 3.81. The first-order valence-electron chi connectivity index (χ1n) is 6.52. The lowest BCUT2D eigenvalue weighted by Crippen LogP contribution is -2.45. The van der Waals surface area contributed by atoms with Crippen molar-refractivity contribution in [3.8, 4) is 0 Å². The summed E-state index contributed by atoms with van der Waals surface area (Å²) in [5.74, 6) is 0. The molecule has 0 aromatic carbocycles. The Balaban J connectivity index is 2.44. The zero-order valence-electron chi connectivity index (χ0n) is 11.6. The summed E-state index contributed by atoms with van der Waals surface area (Å²) in [6, 6.07) is 0.0242. The van der Waals surface area contributed by atoms with Gasteiger partial charge in [-0.15, -0.1) is 0 Å². The second kappa shape index (κ2) is 5.22. The molecule has 0 aliphatic heterocycles. The number of sulfonamides is 1.